The Bertz CT molecular complexity index is 4620. The number of primary amides is 1. The number of rotatable bonds is 18. The first kappa shape index (κ1) is 86.0. The summed E-state index contributed by atoms with van der Waals surface area (Å²) in [5.41, 5.74) is 22.4. The number of carbonyl (C=O) groups excluding carboxylic acids is 4. The largest absolute Gasteiger partial charge is 0.497 e. The monoisotopic (exact) mass is 1430 g/mol. The first-order valence-electron chi connectivity index (χ1n) is 31.1. The van der Waals surface area contributed by atoms with Gasteiger partial charge in [0.25, 0.3) is 0 Å². The Morgan fingerprint density at radius 3 is 1.33 bits per heavy atom. The molecule has 0 spiro atoms. The molecular weight excluding hydrogens is 1340 g/mol. The van der Waals surface area contributed by atoms with Crippen molar-refractivity contribution in [3.8, 4) is 51.3 Å². The van der Waals surface area contributed by atoms with E-state index in [9.17, 15) is 24.0 Å². The van der Waals surface area contributed by atoms with E-state index in [1.54, 1.807) is 90.2 Å². The zero-order valence-electron chi connectivity index (χ0n) is 56.3. The molecule has 10 aromatic carbocycles. The van der Waals surface area contributed by atoms with Crippen LogP contribution in [0.3, 0.4) is 0 Å². The van der Waals surface area contributed by atoms with Gasteiger partial charge in [-0.15, -0.1) is 0 Å². The Balaban J connectivity index is 0.000000324. The molecule has 0 saturated carbocycles. The van der Waals surface area contributed by atoms with Crippen molar-refractivity contribution in [3.05, 3.63) is 317 Å². The van der Waals surface area contributed by atoms with E-state index >= 15 is 0 Å². The summed E-state index contributed by atoms with van der Waals surface area (Å²) < 4.78 is 25.7. The number of H-pyrrole nitrogens is 1. The first-order chi connectivity index (χ1) is 47.9. The van der Waals surface area contributed by atoms with Gasteiger partial charge in [0.15, 0.2) is 17.0 Å². The molecule has 7 N–H and O–H groups in total. The molecule has 1 amide bonds. The molecule has 0 aliphatic rings. The average Bonchev–Trinajstić information content (AvgIpc) is 0.804. The normalized spacial score (nSPS) is 10.1. The smallest absolute Gasteiger partial charge is 0.243 e. The van der Waals surface area contributed by atoms with Crippen LogP contribution in [0.5, 0.6) is 28.7 Å². The average molecular weight is 1430 g/mol. The van der Waals surface area contributed by atoms with Crippen molar-refractivity contribution in [2.24, 2.45) is 5.73 Å². The van der Waals surface area contributed by atoms with E-state index in [0.717, 1.165) is 102 Å². The fraction of sp³-hybridized carbons (Fsp3) is 0.129. The van der Waals surface area contributed by atoms with Gasteiger partial charge < -0.3 is 50.8 Å². The number of allylic oxidation sites excluding steroid dienone is 1. The predicted octanol–water partition coefficient (Wildman–Crippen LogP) is 19.2. The summed E-state index contributed by atoms with van der Waals surface area (Å²) in [6, 6.07) is 84.9. The van der Waals surface area contributed by atoms with Crippen LogP contribution in [-0.2, 0) is 14.4 Å². The van der Waals surface area contributed by atoms with Crippen molar-refractivity contribution in [2.45, 2.75) is 42.5 Å². The summed E-state index contributed by atoms with van der Waals surface area (Å²) >= 11 is 6.33. The number of nitrogen functional groups attached to an aromatic ring is 1. The number of nitrogens with one attached hydrogen (secondary N) is 3. The van der Waals surface area contributed by atoms with E-state index < -0.39 is 5.91 Å². The number of aromatic nitrogens is 2. The van der Waals surface area contributed by atoms with Gasteiger partial charge in [-0.25, -0.2) is 4.98 Å². The number of ether oxygens (including phenoxy) is 5. The Kier molecular flexibility index (Phi) is 38.0. The third-order valence-corrected chi connectivity index (χ3v) is 14.6. The zero-order chi connectivity index (χ0) is 70.9. The van der Waals surface area contributed by atoms with Crippen molar-refractivity contribution < 1.29 is 80.6 Å². The molecule has 0 radical (unpaired) electrons. The number of hydrogen-bond donors (Lipinski definition) is 5. The molecular formula is C85H89ArClN6O10. The van der Waals surface area contributed by atoms with Crippen molar-refractivity contribution in [2.75, 3.05) is 51.9 Å². The molecule has 0 fully saturated rings. The van der Waals surface area contributed by atoms with Gasteiger partial charge in [0, 0.05) is 137 Å². The number of halogens is 1. The summed E-state index contributed by atoms with van der Waals surface area (Å²) in [4.78, 5) is 64.5. The number of fused-ring (bicyclic) bond motifs is 2. The van der Waals surface area contributed by atoms with Gasteiger partial charge >= 0.3 is 0 Å². The number of amides is 1. The third-order valence-electron chi connectivity index (χ3n) is 14.3. The number of anilines is 3. The number of ketones is 3. The topological polar surface area (TPSA) is 236 Å². The molecule has 0 unspecified atom stereocenters. The quantitative estimate of drug-likeness (QED) is 0.0233. The number of pyridine rings is 2. The van der Waals surface area contributed by atoms with Gasteiger partial charge in [-0.3, -0.25) is 24.0 Å². The van der Waals surface area contributed by atoms with Crippen LogP contribution >= 0.6 is 11.6 Å². The van der Waals surface area contributed by atoms with Crippen LogP contribution < -0.4 is 51.2 Å². The fourth-order valence-corrected chi connectivity index (χ4v) is 9.72. The predicted molar refractivity (Wildman–Crippen MR) is 421 cm³/mol. The van der Waals surface area contributed by atoms with Crippen molar-refractivity contribution >= 4 is 85.1 Å². The van der Waals surface area contributed by atoms with Crippen LogP contribution in [0.1, 0.15) is 64.0 Å². The first-order valence-corrected chi connectivity index (χ1v) is 31.4. The number of methoxy groups -OCH3 is 5. The summed E-state index contributed by atoms with van der Waals surface area (Å²) in [7, 11) is 8.11. The molecule has 0 aliphatic heterocycles. The molecule has 103 heavy (non-hydrogen) atoms. The molecule has 2 aromatic heterocycles. The van der Waals surface area contributed by atoms with Crippen LogP contribution in [0.4, 0.5) is 17.1 Å². The van der Waals surface area contributed by atoms with Crippen LogP contribution in [0, 0.1) is 37.7 Å². The summed E-state index contributed by atoms with van der Waals surface area (Å²) in [6.07, 6.45) is 2.97. The van der Waals surface area contributed by atoms with E-state index in [-0.39, 0.29) is 89.2 Å². The number of benzene rings is 10. The maximum atomic E-state index is 12.1. The summed E-state index contributed by atoms with van der Waals surface area (Å²) in [6.45, 7) is 2.96. The number of nitrogens with two attached hydrogens (primary N) is 2. The molecule has 0 aliphatic carbocycles. The summed E-state index contributed by atoms with van der Waals surface area (Å²) in [5, 5.41) is 8.74. The minimum Gasteiger partial charge on any atom is -0.497 e. The molecule has 16 nitrogen and oxygen atoms in total. The van der Waals surface area contributed by atoms with Crippen LogP contribution in [0.25, 0.3) is 55.7 Å². The zero-order valence-corrected chi connectivity index (χ0v) is 57.7. The molecule has 12 aromatic rings. The van der Waals surface area contributed by atoms with Crippen molar-refractivity contribution in [1.29, 1.82) is 0 Å². The van der Waals surface area contributed by atoms with Gasteiger partial charge in [0.2, 0.25) is 5.91 Å². The molecule has 18 heteroatoms. The number of aromatic amines is 1. The second-order valence-corrected chi connectivity index (χ2v) is 22.0. The maximum Gasteiger partial charge on any atom is 0.243 e. The van der Waals surface area contributed by atoms with E-state index in [1.165, 1.54) is 19.9 Å². The number of carbonyl (C=O) groups is 4. The third kappa shape index (κ3) is 28.4. The van der Waals surface area contributed by atoms with Crippen molar-refractivity contribution in [1.82, 2.24) is 9.97 Å². The molecule has 2 heterocycles. The second-order valence-electron chi connectivity index (χ2n) is 21.6. The van der Waals surface area contributed by atoms with Crippen LogP contribution in [0.2, 0.25) is 5.02 Å². The Morgan fingerprint density at radius 1 is 0.466 bits per heavy atom. The van der Waals surface area contributed by atoms with Gasteiger partial charge in [-0.1, -0.05) is 204 Å². The molecule has 12 rings (SSSR count). The molecule has 0 saturated heterocycles. The van der Waals surface area contributed by atoms with Gasteiger partial charge in [0.05, 0.1) is 69.4 Å². The Labute approximate surface area is 639 Å². The maximum absolute atomic E-state index is 12.1. The van der Waals surface area contributed by atoms with Gasteiger partial charge in [-0.2, -0.15) is 0 Å². The fourth-order valence-electron chi connectivity index (χ4n) is 9.45. The number of nitrogens with zero attached hydrogens (tertiary/aromatic N) is 1. The van der Waals surface area contributed by atoms with E-state index in [1.807, 2.05) is 224 Å². The number of hydrogen-bond acceptors (Lipinski definition) is 14. The molecule has 0 atom stereocenters. The van der Waals surface area contributed by atoms with E-state index in [2.05, 4.69) is 20.6 Å². The van der Waals surface area contributed by atoms with E-state index in [4.69, 9.17) is 46.8 Å². The Morgan fingerprint density at radius 2 is 0.883 bits per heavy atom. The molecule has 534 valence electrons. The van der Waals surface area contributed by atoms with Gasteiger partial charge in [0.1, 0.15) is 34.5 Å². The van der Waals surface area contributed by atoms with Gasteiger partial charge in [-0.05, 0) is 97.3 Å². The van der Waals surface area contributed by atoms with Crippen LogP contribution in [0.15, 0.2) is 290 Å². The summed E-state index contributed by atoms with van der Waals surface area (Å²) in [5.74, 6) is 3.11. The standard InChI is InChI=1S/C17H17NO2.C16H12ClNO.C16H16N2O2.C16H13NO2.C10H10O2.C7H9NO.3CH4.Ar/c1-13(19)11-17(14-7-4-3-5-8-14)18-15-9-6-10-16(12-15)20-2;1-19-12-7-8-13-14(17)10-15(18-16(13)9-12)11-5-3-2-4-6-11;1-20-14-9-5-8-13(10-14)18-15(11-16(17)19)12-6-3-2-4-7-12;1-19-12-7-8-13-15(9-12)17-14(10-16(13)18)11-5-3-2-4-6-11;1-8(11)7-10(12)9-5-3-2-4-6-9;1-9-7-4-2-3-6(8)5-7;;;;/h3-12,18H,1-2H3;2-10H,1H3;2-11,18H,1H3,(H2,17,19);2-10H,1H3,(H,17,18);2-6H,7H2,1H3;2-5H,8H2,1H3;3*1H4;/b17-11-;;15-11-;;;;;;;. The molecule has 0 bridgehead atoms. The SMILES string of the molecule is C.C.C.CC(=O)CC(=O)c1ccccc1.COc1ccc2c(=O)cc(-c3ccccc3)[nH]c2c1.COc1ccc2c(Cl)cc(-c3ccccc3)nc2c1.COc1cccc(N)c1.COc1cccc(N/C(=C\C(C)=O)c2ccccc2)c1.COc1cccc(N/C(=C\C(N)=O)c2ccccc2)c1.[Ar]. The second kappa shape index (κ2) is 45.5. The minimum atomic E-state index is -0.501. The van der Waals surface area contributed by atoms with E-state index in [0.29, 0.717) is 21.7 Å². The Hall–Kier alpha value is -11.3. The van der Waals surface area contributed by atoms with Crippen molar-refractivity contribution in [3.63, 3.8) is 0 Å². The van der Waals surface area contributed by atoms with Crippen LogP contribution in [-0.4, -0.2) is 68.8 Å². The number of Topliss-reactive ketones (excluding diaryl/α,β-unsaturated/α-hetero) is 2. The minimum absolute atomic E-state index is 0.